The molecule has 0 fully saturated rings. The molecule has 92 valence electrons. The Morgan fingerprint density at radius 1 is 1.44 bits per heavy atom. The number of hydrogen-bond acceptors (Lipinski definition) is 3. The lowest BCUT2D eigenvalue weighted by Gasteiger charge is -2.14. The maximum Gasteiger partial charge on any atom is 0.0943 e. The molecule has 1 unspecified atom stereocenters. The number of nitrogens with one attached hydrogen (secondary N) is 1. The van der Waals surface area contributed by atoms with Crippen molar-refractivity contribution in [2.45, 2.75) is 58.9 Å². The predicted molar refractivity (Wildman–Crippen MR) is 72.3 cm³/mol. The van der Waals surface area contributed by atoms with Gasteiger partial charge in [0.05, 0.1) is 10.7 Å². The van der Waals surface area contributed by atoms with Crippen molar-refractivity contribution in [2.24, 2.45) is 0 Å². The van der Waals surface area contributed by atoms with Crippen LogP contribution in [0.5, 0.6) is 0 Å². The lowest BCUT2D eigenvalue weighted by Crippen LogP contribution is -2.28. The first kappa shape index (κ1) is 13.7. The molecule has 0 spiro atoms. The van der Waals surface area contributed by atoms with Gasteiger partial charge < -0.3 is 5.32 Å². The summed E-state index contributed by atoms with van der Waals surface area (Å²) in [7, 11) is 0. The van der Waals surface area contributed by atoms with Crippen molar-refractivity contribution in [2.75, 3.05) is 6.54 Å². The maximum absolute atomic E-state index is 4.71. The molecule has 0 bridgehead atoms. The summed E-state index contributed by atoms with van der Waals surface area (Å²) in [6.45, 7) is 12.2. The van der Waals surface area contributed by atoms with Gasteiger partial charge in [-0.1, -0.05) is 27.7 Å². The number of aromatic nitrogens is 1. The molecule has 16 heavy (non-hydrogen) atoms. The summed E-state index contributed by atoms with van der Waals surface area (Å²) in [6, 6.07) is 0.527. The number of thiazole rings is 1. The average Bonchev–Trinajstić information content (AvgIpc) is 2.62. The molecule has 0 aliphatic carbocycles. The number of hydrogen-bond donors (Lipinski definition) is 1. The summed E-state index contributed by atoms with van der Waals surface area (Å²) in [6.07, 6.45) is 2.23. The van der Waals surface area contributed by atoms with Crippen molar-refractivity contribution in [1.29, 1.82) is 0 Å². The summed E-state index contributed by atoms with van der Waals surface area (Å²) < 4.78 is 0. The Morgan fingerprint density at radius 2 is 2.12 bits per heavy atom. The topological polar surface area (TPSA) is 24.9 Å². The first-order valence-corrected chi connectivity index (χ1v) is 6.99. The summed E-state index contributed by atoms with van der Waals surface area (Å²) in [5, 5.41) is 6.94. The quantitative estimate of drug-likeness (QED) is 0.853. The van der Waals surface area contributed by atoms with E-state index in [-0.39, 0.29) is 5.41 Å². The molecule has 3 heteroatoms. The van der Waals surface area contributed by atoms with E-state index in [4.69, 9.17) is 4.98 Å². The first-order valence-electron chi connectivity index (χ1n) is 6.11. The summed E-state index contributed by atoms with van der Waals surface area (Å²) in [5.41, 5.74) is 1.39. The highest BCUT2D eigenvalue weighted by Crippen LogP contribution is 2.24. The van der Waals surface area contributed by atoms with Crippen LogP contribution in [-0.4, -0.2) is 17.6 Å². The van der Waals surface area contributed by atoms with E-state index < -0.39 is 0 Å². The molecule has 0 aromatic carbocycles. The largest absolute Gasteiger partial charge is 0.314 e. The molecule has 1 heterocycles. The van der Waals surface area contributed by atoms with Gasteiger partial charge in [0.2, 0.25) is 0 Å². The number of rotatable bonds is 5. The fraction of sp³-hybridized carbons (Fsp3) is 0.769. The van der Waals surface area contributed by atoms with E-state index in [1.54, 1.807) is 11.3 Å². The minimum atomic E-state index is 0.175. The second-order valence-corrected chi connectivity index (χ2v) is 6.38. The second kappa shape index (κ2) is 5.78. The fourth-order valence-electron chi connectivity index (χ4n) is 1.47. The van der Waals surface area contributed by atoms with E-state index in [9.17, 15) is 0 Å². The highest BCUT2D eigenvalue weighted by atomic mass is 32.1. The summed E-state index contributed by atoms with van der Waals surface area (Å²) in [5.74, 6) is 0. The first-order chi connectivity index (χ1) is 7.43. The van der Waals surface area contributed by atoms with Crippen molar-refractivity contribution in [3.63, 3.8) is 0 Å². The highest BCUT2D eigenvalue weighted by molar-refractivity contribution is 7.09. The molecule has 1 N–H and O–H groups in total. The Hall–Kier alpha value is -0.410. The zero-order valence-corrected chi connectivity index (χ0v) is 11.9. The SMILES string of the molecule is CCCNC(C)Cc1nc(C(C)(C)C)cs1. The van der Waals surface area contributed by atoms with Gasteiger partial charge in [-0.05, 0) is 19.9 Å². The Labute approximate surface area is 103 Å². The molecule has 0 aliphatic heterocycles. The molecular weight excluding hydrogens is 216 g/mol. The molecule has 1 atom stereocenters. The molecule has 0 radical (unpaired) electrons. The van der Waals surface area contributed by atoms with Crippen LogP contribution in [0.25, 0.3) is 0 Å². The van der Waals surface area contributed by atoms with Crippen molar-refractivity contribution in [1.82, 2.24) is 10.3 Å². The third kappa shape index (κ3) is 4.22. The van der Waals surface area contributed by atoms with Gasteiger partial charge in [0.1, 0.15) is 0 Å². The third-order valence-electron chi connectivity index (χ3n) is 2.54. The fourth-order valence-corrected chi connectivity index (χ4v) is 2.63. The van der Waals surface area contributed by atoms with Crippen LogP contribution in [0.2, 0.25) is 0 Å². The molecule has 0 amide bonds. The average molecular weight is 240 g/mol. The highest BCUT2D eigenvalue weighted by Gasteiger charge is 2.17. The van der Waals surface area contributed by atoms with Crippen LogP contribution in [0, 0.1) is 0 Å². The Balaban J connectivity index is 2.52. The van der Waals surface area contributed by atoms with E-state index in [1.807, 2.05) is 0 Å². The van der Waals surface area contributed by atoms with Crippen LogP contribution in [0.3, 0.4) is 0 Å². The maximum atomic E-state index is 4.71. The van der Waals surface area contributed by atoms with E-state index in [2.05, 4.69) is 45.3 Å². The van der Waals surface area contributed by atoms with Gasteiger partial charge in [0.15, 0.2) is 0 Å². The standard InChI is InChI=1S/C13H24N2S/c1-6-7-14-10(2)8-12-15-11(9-16-12)13(3,4)5/h9-10,14H,6-8H2,1-5H3. The van der Waals surface area contributed by atoms with Crippen molar-refractivity contribution < 1.29 is 0 Å². The van der Waals surface area contributed by atoms with E-state index in [1.165, 1.54) is 17.1 Å². The van der Waals surface area contributed by atoms with Gasteiger partial charge in [-0.25, -0.2) is 4.98 Å². The van der Waals surface area contributed by atoms with Gasteiger partial charge in [-0.2, -0.15) is 0 Å². The van der Waals surface area contributed by atoms with Gasteiger partial charge in [-0.3, -0.25) is 0 Å². The normalized spacial score (nSPS) is 14.1. The zero-order valence-electron chi connectivity index (χ0n) is 11.1. The van der Waals surface area contributed by atoms with Gasteiger partial charge >= 0.3 is 0 Å². The van der Waals surface area contributed by atoms with Crippen molar-refractivity contribution in [3.05, 3.63) is 16.1 Å². The van der Waals surface area contributed by atoms with E-state index >= 15 is 0 Å². The Bertz CT molecular complexity index is 312. The minimum absolute atomic E-state index is 0.175. The molecule has 1 aromatic rings. The van der Waals surface area contributed by atoms with Crippen molar-refractivity contribution >= 4 is 11.3 Å². The van der Waals surface area contributed by atoms with Crippen LogP contribution in [0.1, 0.15) is 51.7 Å². The zero-order chi connectivity index (χ0) is 12.2. The van der Waals surface area contributed by atoms with E-state index in [0.717, 1.165) is 13.0 Å². The summed E-state index contributed by atoms with van der Waals surface area (Å²) >= 11 is 1.79. The van der Waals surface area contributed by atoms with Crippen molar-refractivity contribution in [3.8, 4) is 0 Å². The van der Waals surface area contributed by atoms with Crippen LogP contribution in [0.4, 0.5) is 0 Å². The van der Waals surface area contributed by atoms with Gasteiger partial charge in [-0.15, -0.1) is 11.3 Å². The lowest BCUT2D eigenvalue weighted by atomic mass is 9.93. The molecule has 1 rings (SSSR count). The molecule has 0 saturated carbocycles. The molecule has 0 saturated heterocycles. The molecule has 1 aromatic heterocycles. The monoisotopic (exact) mass is 240 g/mol. The van der Waals surface area contributed by atoms with Crippen LogP contribution in [-0.2, 0) is 11.8 Å². The predicted octanol–water partition coefficient (Wildman–Crippen LogP) is 3.37. The van der Waals surface area contributed by atoms with E-state index in [0.29, 0.717) is 6.04 Å². The van der Waals surface area contributed by atoms with Gasteiger partial charge in [0, 0.05) is 23.3 Å². The molecule has 0 aliphatic rings. The molecule has 2 nitrogen and oxygen atoms in total. The van der Waals surface area contributed by atoms with Gasteiger partial charge in [0.25, 0.3) is 0 Å². The van der Waals surface area contributed by atoms with Crippen LogP contribution < -0.4 is 5.32 Å². The lowest BCUT2D eigenvalue weighted by molar-refractivity contribution is 0.536. The summed E-state index contributed by atoms with van der Waals surface area (Å²) in [4.78, 5) is 4.71. The second-order valence-electron chi connectivity index (χ2n) is 5.44. The van der Waals surface area contributed by atoms with Crippen LogP contribution >= 0.6 is 11.3 Å². The smallest absolute Gasteiger partial charge is 0.0943 e. The Kier molecular flexibility index (Phi) is 4.93. The molecular formula is C13H24N2S. The number of nitrogens with zero attached hydrogens (tertiary/aromatic N) is 1. The Morgan fingerprint density at radius 3 is 2.62 bits per heavy atom. The van der Waals surface area contributed by atoms with Crippen LogP contribution in [0.15, 0.2) is 5.38 Å². The minimum Gasteiger partial charge on any atom is -0.314 e. The third-order valence-corrected chi connectivity index (χ3v) is 3.41.